The molecule has 0 amide bonds. The van der Waals surface area contributed by atoms with E-state index < -0.39 is 0 Å². The molecule has 21 heavy (non-hydrogen) atoms. The van der Waals surface area contributed by atoms with Gasteiger partial charge < -0.3 is 4.98 Å². The van der Waals surface area contributed by atoms with E-state index in [4.69, 9.17) is 5.26 Å². The number of hydrogen-bond donors (Lipinski definition) is 1. The van der Waals surface area contributed by atoms with Gasteiger partial charge in [0.2, 0.25) is 0 Å². The predicted octanol–water partition coefficient (Wildman–Crippen LogP) is 4.11. The van der Waals surface area contributed by atoms with E-state index in [2.05, 4.69) is 16.0 Å². The van der Waals surface area contributed by atoms with E-state index in [1.165, 1.54) is 23.1 Å². The SMILES string of the molecule is N#CCCCSc1nc2scc(-c3cccs3)c2c(=O)[nH]1. The van der Waals surface area contributed by atoms with Crippen molar-refractivity contribution in [2.75, 3.05) is 5.75 Å². The first-order valence-electron chi connectivity index (χ1n) is 6.34. The van der Waals surface area contributed by atoms with Gasteiger partial charge in [-0.2, -0.15) is 5.26 Å². The second-order valence-corrected chi connectivity index (χ2v) is 7.18. The normalized spacial score (nSPS) is 10.8. The Morgan fingerprint density at radius 3 is 3.10 bits per heavy atom. The van der Waals surface area contributed by atoms with E-state index in [-0.39, 0.29) is 5.56 Å². The van der Waals surface area contributed by atoms with Crippen LogP contribution in [0.25, 0.3) is 20.7 Å². The van der Waals surface area contributed by atoms with Crippen LogP contribution in [-0.4, -0.2) is 15.7 Å². The highest BCUT2D eigenvalue weighted by atomic mass is 32.2. The third-order valence-electron chi connectivity index (χ3n) is 2.88. The lowest BCUT2D eigenvalue weighted by atomic mass is 10.2. The Bertz CT molecular complexity index is 843. The lowest BCUT2D eigenvalue weighted by molar-refractivity contribution is 0.951. The highest BCUT2D eigenvalue weighted by Gasteiger charge is 2.13. The monoisotopic (exact) mass is 333 g/mol. The van der Waals surface area contributed by atoms with Gasteiger partial charge in [0.25, 0.3) is 5.56 Å². The maximum Gasteiger partial charge on any atom is 0.260 e. The molecule has 0 saturated carbocycles. The molecule has 3 aromatic rings. The fourth-order valence-electron chi connectivity index (χ4n) is 1.93. The summed E-state index contributed by atoms with van der Waals surface area (Å²) in [6.07, 6.45) is 1.33. The van der Waals surface area contributed by atoms with Crippen molar-refractivity contribution < 1.29 is 0 Å². The van der Waals surface area contributed by atoms with Crippen LogP contribution < -0.4 is 5.56 Å². The van der Waals surface area contributed by atoms with Gasteiger partial charge in [-0.1, -0.05) is 17.8 Å². The minimum Gasteiger partial charge on any atom is -0.301 e. The minimum atomic E-state index is -0.0903. The number of fused-ring (bicyclic) bond motifs is 1. The molecule has 0 fully saturated rings. The van der Waals surface area contributed by atoms with Crippen molar-refractivity contribution in [3.05, 3.63) is 33.2 Å². The Morgan fingerprint density at radius 1 is 1.43 bits per heavy atom. The molecule has 106 valence electrons. The van der Waals surface area contributed by atoms with Crippen LogP contribution in [-0.2, 0) is 0 Å². The van der Waals surface area contributed by atoms with Gasteiger partial charge in [0.05, 0.1) is 11.5 Å². The maximum atomic E-state index is 12.3. The number of thiophene rings is 2. The zero-order chi connectivity index (χ0) is 14.7. The molecule has 3 heterocycles. The summed E-state index contributed by atoms with van der Waals surface area (Å²) >= 11 is 4.60. The zero-order valence-electron chi connectivity index (χ0n) is 11.0. The summed E-state index contributed by atoms with van der Waals surface area (Å²) in [6.45, 7) is 0. The molecular formula is C14H11N3OS3. The largest absolute Gasteiger partial charge is 0.301 e. The number of rotatable bonds is 5. The molecule has 0 aliphatic rings. The van der Waals surface area contributed by atoms with Crippen molar-refractivity contribution in [1.82, 2.24) is 9.97 Å². The molecule has 4 nitrogen and oxygen atoms in total. The van der Waals surface area contributed by atoms with Crippen LogP contribution in [0.1, 0.15) is 12.8 Å². The summed E-state index contributed by atoms with van der Waals surface area (Å²) in [4.78, 5) is 21.5. The standard InChI is InChI=1S/C14H11N3OS3/c15-5-1-2-6-20-14-16-12(18)11-9(8-21-13(11)17-14)10-4-3-7-19-10/h3-4,7-8H,1-2,6H2,(H,16,17,18). The average Bonchev–Trinajstić information content (AvgIpc) is 3.12. The molecular weight excluding hydrogens is 322 g/mol. The molecule has 3 rings (SSSR count). The van der Waals surface area contributed by atoms with E-state index in [0.717, 1.165) is 27.4 Å². The molecule has 0 aromatic carbocycles. The number of nitrogens with one attached hydrogen (secondary N) is 1. The van der Waals surface area contributed by atoms with Crippen molar-refractivity contribution >= 4 is 44.7 Å². The Hall–Kier alpha value is -1.62. The van der Waals surface area contributed by atoms with Crippen molar-refractivity contribution in [1.29, 1.82) is 5.26 Å². The van der Waals surface area contributed by atoms with Crippen molar-refractivity contribution in [3.63, 3.8) is 0 Å². The van der Waals surface area contributed by atoms with Crippen LogP contribution in [0.15, 0.2) is 32.8 Å². The molecule has 0 aliphatic carbocycles. The lowest BCUT2D eigenvalue weighted by Crippen LogP contribution is -2.08. The van der Waals surface area contributed by atoms with Gasteiger partial charge in [0.15, 0.2) is 5.16 Å². The molecule has 1 N–H and O–H groups in total. The summed E-state index contributed by atoms with van der Waals surface area (Å²) in [5.41, 5.74) is 0.868. The molecule has 0 saturated heterocycles. The zero-order valence-corrected chi connectivity index (χ0v) is 13.4. The smallest absolute Gasteiger partial charge is 0.260 e. The van der Waals surface area contributed by atoms with Gasteiger partial charge in [0.1, 0.15) is 4.83 Å². The number of aromatic nitrogens is 2. The maximum absolute atomic E-state index is 12.3. The molecule has 0 bridgehead atoms. The topological polar surface area (TPSA) is 69.5 Å². The highest BCUT2D eigenvalue weighted by molar-refractivity contribution is 7.99. The Balaban J connectivity index is 1.92. The van der Waals surface area contributed by atoms with Crippen LogP contribution >= 0.6 is 34.4 Å². The van der Waals surface area contributed by atoms with Gasteiger partial charge in [-0.15, -0.1) is 22.7 Å². The number of nitrogens with zero attached hydrogens (tertiary/aromatic N) is 2. The fraction of sp³-hybridized carbons (Fsp3) is 0.214. The number of aromatic amines is 1. The Labute approximate surface area is 133 Å². The minimum absolute atomic E-state index is 0.0903. The van der Waals surface area contributed by atoms with Crippen molar-refractivity contribution in [2.24, 2.45) is 0 Å². The molecule has 0 radical (unpaired) electrons. The molecule has 3 aromatic heterocycles. The van der Waals surface area contributed by atoms with Crippen LogP contribution in [0.3, 0.4) is 0 Å². The predicted molar refractivity (Wildman–Crippen MR) is 89.1 cm³/mol. The number of unbranched alkanes of at least 4 members (excludes halogenated alkanes) is 1. The second-order valence-electron chi connectivity index (χ2n) is 4.29. The van der Waals surface area contributed by atoms with Crippen molar-refractivity contribution in [2.45, 2.75) is 18.0 Å². The number of nitriles is 1. The van der Waals surface area contributed by atoms with Gasteiger partial charge in [-0.05, 0) is 17.9 Å². The number of thioether (sulfide) groups is 1. The van der Waals surface area contributed by atoms with E-state index in [0.29, 0.717) is 17.0 Å². The highest BCUT2D eigenvalue weighted by Crippen LogP contribution is 2.34. The summed E-state index contributed by atoms with van der Waals surface area (Å²) in [6, 6.07) is 6.10. The quantitative estimate of drug-likeness (QED) is 0.433. The van der Waals surface area contributed by atoms with Gasteiger partial charge in [0, 0.05) is 28.0 Å². The first kappa shape index (κ1) is 14.3. The van der Waals surface area contributed by atoms with Crippen molar-refractivity contribution in [3.8, 4) is 16.5 Å². The summed E-state index contributed by atoms with van der Waals surface area (Å²) in [5.74, 6) is 0.783. The third-order valence-corrected chi connectivity index (χ3v) is 5.62. The van der Waals surface area contributed by atoms with Gasteiger partial charge >= 0.3 is 0 Å². The lowest BCUT2D eigenvalue weighted by Gasteiger charge is -2.00. The number of hydrogen-bond acceptors (Lipinski definition) is 6. The third kappa shape index (κ3) is 3.02. The molecule has 0 spiro atoms. The molecule has 0 unspecified atom stereocenters. The summed E-state index contributed by atoms with van der Waals surface area (Å²) < 4.78 is 0. The van der Waals surface area contributed by atoms with Gasteiger partial charge in [-0.25, -0.2) is 4.98 Å². The Kier molecular flexibility index (Phi) is 4.39. The Morgan fingerprint density at radius 2 is 2.33 bits per heavy atom. The summed E-state index contributed by atoms with van der Waals surface area (Å²) in [5, 5.41) is 13.8. The number of H-pyrrole nitrogens is 1. The van der Waals surface area contributed by atoms with Crippen LogP contribution in [0, 0.1) is 11.3 Å². The summed E-state index contributed by atoms with van der Waals surface area (Å²) in [7, 11) is 0. The molecule has 0 atom stereocenters. The van der Waals surface area contributed by atoms with Crippen LogP contribution in [0.4, 0.5) is 0 Å². The van der Waals surface area contributed by atoms with Gasteiger partial charge in [-0.3, -0.25) is 4.79 Å². The van der Waals surface area contributed by atoms with E-state index >= 15 is 0 Å². The first-order valence-corrected chi connectivity index (χ1v) is 9.09. The van der Waals surface area contributed by atoms with E-state index in [1.54, 1.807) is 11.3 Å². The fourth-order valence-corrected chi connectivity index (χ4v) is 4.55. The van der Waals surface area contributed by atoms with E-state index in [9.17, 15) is 4.79 Å². The molecule has 7 heteroatoms. The first-order chi connectivity index (χ1) is 10.3. The average molecular weight is 333 g/mol. The van der Waals surface area contributed by atoms with E-state index in [1.807, 2.05) is 22.9 Å². The molecule has 0 aliphatic heterocycles. The van der Waals surface area contributed by atoms with Crippen LogP contribution in [0.5, 0.6) is 0 Å². The second kappa shape index (κ2) is 6.43. The van der Waals surface area contributed by atoms with Crippen LogP contribution in [0.2, 0.25) is 0 Å².